The van der Waals surface area contributed by atoms with Crippen LogP contribution in [0.15, 0.2) is 77.9 Å². The van der Waals surface area contributed by atoms with Crippen LogP contribution in [0, 0.1) is 0 Å². The van der Waals surface area contributed by atoms with Crippen molar-refractivity contribution in [1.82, 2.24) is 5.43 Å². The first kappa shape index (κ1) is 22.2. The highest BCUT2D eigenvalue weighted by atomic mass is 35.5. The molecule has 0 radical (unpaired) electrons. The van der Waals surface area contributed by atoms with E-state index in [0.717, 1.165) is 5.56 Å². The molecule has 0 unspecified atom stereocenters. The van der Waals surface area contributed by atoms with Crippen LogP contribution in [-0.4, -0.2) is 37.3 Å². The van der Waals surface area contributed by atoms with Gasteiger partial charge in [0.05, 0.1) is 16.9 Å². The van der Waals surface area contributed by atoms with Crippen molar-refractivity contribution in [1.29, 1.82) is 0 Å². The standard InChI is InChI=1S/C24H20ClN3O5/c25-18-5-1-2-6-19(18)27-23(29)15-31-17-11-9-16(10-12-17)13-26-28-24(30)22-14-32-20-7-3-4-8-21(20)33-22/h1-13,22H,14-15H2,(H,27,29)(H,28,30)/b26-13-/t22-/m0/s1. The zero-order chi connectivity index (χ0) is 23.0. The van der Waals surface area contributed by atoms with E-state index >= 15 is 0 Å². The number of ether oxygens (including phenoxy) is 3. The number of rotatable bonds is 7. The summed E-state index contributed by atoms with van der Waals surface area (Å²) >= 11 is 6.02. The Balaban J connectivity index is 1.22. The van der Waals surface area contributed by atoms with E-state index in [2.05, 4.69) is 15.8 Å². The molecular weight excluding hydrogens is 446 g/mol. The van der Waals surface area contributed by atoms with Crippen molar-refractivity contribution in [3.63, 3.8) is 0 Å². The molecule has 8 nitrogen and oxygen atoms in total. The van der Waals surface area contributed by atoms with Crippen LogP contribution >= 0.6 is 11.6 Å². The Morgan fingerprint density at radius 1 is 1.03 bits per heavy atom. The van der Waals surface area contributed by atoms with E-state index in [-0.39, 0.29) is 19.1 Å². The zero-order valence-electron chi connectivity index (χ0n) is 17.4. The largest absolute Gasteiger partial charge is 0.485 e. The second-order valence-corrected chi connectivity index (χ2v) is 7.39. The smallest absolute Gasteiger partial charge is 0.284 e. The molecule has 0 spiro atoms. The van der Waals surface area contributed by atoms with E-state index in [1.165, 1.54) is 6.21 Å². The fraction of sp³-hybridized carbons (Fsp3) is 0.125. The summed E-state index contributed by atoms with van der Waals surface area (Å²) < 4.78 is 16.6. The average Bonchev–Trinajstić information content (AvgIpc) is 2.84. The van der Waals surface area contributed by atoms with Crippen molar-refractivity contribution in [3.05, 3.63) is 83.4 Å². The molecule has 3 aromatic rings. The fourth-order valence-electron chi connectivity index (χ4n) is 2.94. The molecule has 0 fully saturated rings. The SMILES string of the molecule is O=C(COc1ccc(/C=N\NC(=O)[C@@H]2COc3ccccc3O2)cc1)Nc1ccccc1Cl. The number of amides is 2. The van der Waals surface area contributed by atoms with E-state index in [9.17, 15) is 9.59 Å². The quantitative estimate of drug-likeness (QED) is 0.410. The normalized spacial score (nSPS) is 14.5. The molecule has 0 aromatic heterocycles. The third-order valence-electron chi connectivity index (χ3n) is 4.59. The first-order chi connectivity index (χ1) is 16.1. The third kappa shape index (κ3) is 6.02. The van der Waals surface area contributed by atoms with Crippen molar-refractivity contribution < 1.29 is 23.8 Å². The van der Waals surface area contributed by atoms with Crippen LogP contribution in [0.25, 0.3) is 0 Å². The number of benzene rings is 3. The number of halogens is 1. The van der Waals surface area contributed by atoms with Gasteiger partial charge < -0.3 is 19.5 Å². The number of hydrazone groups is 1. The second-order valence-electron chi connectivity index (χ2n) is 6.98. The van der Waals surface area contributed by atoms with Crippen LogP contribution in [0.4, 0.5) is 5.69 Å². The summed E-state index contributed by atoms with van der Waals surface area (Å²) in [5, 5.41) is 7.09. The lowest BCUT2D eigenvalue weighted by molar-refractivity contribution is -0.130. The molecule has 1 aliphatic rings. The maximum Gasteiger partial charge on any atom is 0.284 e. The van der Waals surface area contributed by atoms with E-state index < -0.39 is 12.0 Å². The molecule has 2 amide bonds. The van der Waals surface area contributed by atoms with Gasteiger partial charge in [0, 0.05) is 0 Å². The van der Waals surface area contributed by atoms with Crippen LogP contribution in [0.3, 0.4) is 0 Å². The average molecular weight is 466 g/mol. The lowest BCUT2D eigenvalue weighted by Crippen LogP contribution is -2.42. The summed E-state index contributed by atoms with van der Waals surface area (Å²) in [6, 6.07) is 21.0. The molecule has 0 saturated heterocycles. The van der Waals surface area contributed by atoms with Gasteiger partial charge in [-0.3, -0.25) is 9.59 Å². The van der Waals surface area contributed by atoms with Gasteiger partial charge in [-0.1, -0.05) is 35.9 Å². The topological polar surface area (TPSA) is 98.2 Å². The Morgan fingerprint density at radius 3 is 2.55 bits per heavy atom. The van der Waals surface area contributed by atoms with Gasteiger partial charge in [-0.2, -0.15) is 5.10 Å². The first-order valence-corrected chi connectivity index (χ1v) is 10.4. The predicted octanol–water partition coefficient (Wildman–Crippen LogP) is 3.65. The molecular formula is C24H20ClN3O5. The van der Waals surface area contributed by atoms with Gasteiger partial charge in [-0.25, -0.2) is 5.43 Å². The number of hydrogen-bond acceptors (Lipinski definition) is 6. The summed E-state index contributed by atoms with van der Waals surface area (Å²) in [6.07, 6.45) is 0.702. The van der Waals surface area contributed by atoms with Gasteiger partial charge in [0.25, 0.3) is 11.8 Å². The Kier molecular flexibility index (Phi) is 7.06. The highest BCUT2D eigenvalue weighted by Crippen LogP contribution is 2.30. The fourth-order valence-corrected chi connectivity index (χ4v) is 3.12. The minimum atomic E-state index is -0.787. The molecule has 4 rings (SSSR count). The number of fused-ring (bicyclic) bond motifs is 1. The molecule has 1 aliphatic heterocycles. The van der Waals surface area contributed by atoms with Crippen LogP contribution < -0.4 is 25.0 Å². The highest BCUT2D eigenvalue weighted by Gasteiger charge is 2.26. The molecule has 1 atom stereocenters. The molecule has 0 bridgehead atoms. The number of anilines is 1. The lowest BCUT2D eigenvalue weighted by Gasteiger charge is -2.24. The van der Waals surface area contributed by atoms with Gasteiger partial charge in [0.2, 0.25) is 6.10 Å². The van der Waals surface area contributed by atoms with Crippen molar-refractivity contribution in [3.8, 4) is 17.2 Å². The van der Waals surface area contributed by atoms with Gasteiger partial charge in [-0.05, 0) is 54.1 Å². The van der Waals surface area contributed by atoms with Crippen LogP contribution in [0.2, 0.25) is 5.02 Å². The Bertz CT molecular complexity index is 1170. The van der Waals surface area contributed by atoms with E-state index in [1.54, 1.807) is 66.7 Å². The lowest BCUT2D eigenvalue weighted by atomic mass is 10.2. The number of carbonyl (C=O) groups excluding carboxylic acids is 2. The molecule has 2 N–H and O–H groups in total. The molecule has 9 heteroatoms. The summed E-state index contributed by atoms with van der Waals surface area (Å²) in [7, 11) is 0. The molecule has 33 heavy (non-hydrogen) atoms. The number of nitrogens with zero attached hydrogens (tertiary/aromatic N) is 1. The first-order valence-electron chi connectivity index (χ1n) is 10.1. The van der Waals surface area contributed by atoms with Gasteiger partial charge in [-0.15, -0.1) is 0 Å². The predicted molar refractivity (Wildman–Crippen MR) is 124 cm³/mol. The van der Waals surface area contributed by atoms with E-state index in [1.807, 2.05) is 6.07 Å². The van der Waals surface area contributed by atoms with Crippen molar-refractivity contribution in [2.24, 2.45) is 5.10 Å². The third-order valence-corrected chi connectivity index (χ3v) is 4.92. The Labute approximate surface area is 195 Å². The van der Waals surface area contributed by atoms with Crippen molar-refractivity contribution >= 4 is 35.3 Å². The molecule has 168 valence electrons. The van der Waals surface area contributed by atoms with Crippen molar-refractivity contribution in [2.45, 2.75) is 6.10 Å². The summed E-state index contributed by atoms with van der Waals surface area (Å²) in [5.74, 6) is 0.896. The minimum Gasteiger partial charge on any atom is -0.485 e. The van der Waals surface area contributed by atoms with Crippen LogP contribution in [0.1, 0.15) is 5.56 Å². The molecule has 0 aliphatic carbocycles. The molecule has 0 saturated carbocycles. The van der Waals surface area contributed by atoms with Gasteiger partial charge >= 0.3 is 0 Å². The van der Waals surface area contributed by atoms with Crippen LogP contribution in [-0.2, 0) is 9.59 Å². The van der Waals surface area contributed by atoms with Gasteiger partial charge in [0.15, 0.2) is 18.1 Å². The van der Waals surface area contributed by atoms with Gasteiger partial charge in [0.1, 0.15) is 12.4 Å². The highest BCUT2D eigenvalue weighted by molar-refractivity contribution is 6.33. The monoisotopic (exact) mass is 465 g/mol. The Morgan fingerprint density at radius 2 is 1.76 bits per heavy atom. The second kappa shape index (κ2) is 10.5. The maximum atomic E-state index is 12.3. The molecule has 1 heterocycles. The van der Waals surface area contributed by atoms with E-state index in [0.29, 0.717) is 28.0 Å². The summed E-state index contributed by atoms with van der Waals surface area (Å²) in [5.41, 5.74) is 3.70. The molecule has 3 aromatic carbocycles. The van der Waals surface area contributed by atoms with Crippen molar-refractivity contribution in [2.75, 3.05) is 18.5 Å². The maximum absolute atomic E-state index is 12.3. The number of hydrogen-bond donors (Lipinski definition) is 2. The van der Waals surface area contributed by atoms with Crippen LogP contribution in [0.5, 0.6) is 17.2 Å². The Hall–Kier alpha value is -4.04. The summed E-state index contributed by atoms with van der Waals surface area (Å²) in [6.45, 7) is -0.0598. The van der Waals surface area contributed by atoms with E-state index in [4.69, 9.17) is 25.8 Å². The summed E-state index contributed by atoms with van der Waals surface area (Å²) in [4.78, 5) is 24.3. The number of nitrogens with one attached hydrogen (secondary N) is 2. The number of para-hydroxylation sites is 3. The minimum absolute atomic E-state index is 0.106. The number of carbonyl (C=O) groups is 2. The zero-order valence-corrected chi connectivity index (χ0v) is 18.1.